The molecule has 0 saturated carbocycles. The molecular formula is C9H20IN. The highest BCUT2D eigenvalue weighted by Crippen LogP contribution is 2.11. The summed E-state index contributed by atoms with van der Waals surface area (Å²) < 4.78 is 1.31. The average molecular weight is 269 g/mol. The van der Waals surface area contributed by atoms with Crippen LogP contribution in [0.5, 0.6) is 0 Å². The molecular weight excluding hydrogens is 249 g/mol. The molecule has 0 heterocycles. The molecule has 1 atom stereocenters. The third-order valence-corrected chi connectivity index (χ3v) is 2.53. The van der Waals surface area contributed by atoms with Gasteiger partial charge in [-0.15, -0.1) is 0 Å². The Balaban J connectivity index is 3.10. The van der Waals surface area contributed by atoms with Crippen LogP contribution < -0.4 is 0 Å². The van der Waals surface area contributed by atoms with Crippen LogP contribution in [-0.2, 0) is 0 Å². The first-order valence-electron chi connectivity index (χ1n) is 4.37. The maximum atomic E-state index is 2.46. The second-order valence-electron chi connectivity index (χ2n) is 3.53. The summed E-state index contributed by atoms with van der Waals surface area (Å²) in [5.74, 6) is 0.923. The van der Waals surface area contributed by atoms with Crippen LogP contribution in [0.1, 0.15) is 26.2 Å². The van der Waals surface area contributed by atoms with E-state index in [-0.39, 0.29) is 0 Å². The van der Waals surface area contributed by atoms with Crippen molar-refractivity contribution in [1.82, 2.24) is 4.90 Å². The molecule has 0 rings (SSSR count). The van der Waals surface area contributed by atoms with Crippen molar-refractivity contribution < 1.29 is 0 Å². The highest BCUT2D eigenvalue weighted by atomic mass is 127. The standard InChI is InChI=1S/C9H20IN/c1-9(6-7-10)5-4-8-11(2)3/h9H,4-8H2,1-3H3. The zero-order chi connectivity index (χ0) is 8.69. The fraction of sp³-hybridized carbons (Fsp3) is 1.00. The molecule has 11 heavy (non-hydrogen) atoms. The van der Waals surface area contributed by atoms with Crippen molar-refractivity contribution in [2.45, 2.75) is 26.2 Å². The monoisotopic (exact) mass is 269 g/mol. The molecule has 0 aliphatic rings. The predicted octanol–water partition coefficient (Wildman–Crippen LogP) is 2.79. The van der Waals surface area contributed by atoms with E-state index < -0.39 is 0 Å². The minimum absolute atomic E-state index is 0.923. The lowest BCUT2D eigenvalue weighted by atomic mass is 10.0. The molecule has 68 valence electrons. The molecule has 0 saturated heterocycles. The lowest BCUT2D eigenvalue weighted by molar-refractivity contribution is 0.371. The van der Waals surface area contributed by atoms with Gasteiger partial charge in [0.25, 0.3) is 0 Å². The van der Waals surface area contributed by atoms with Crippen LogP contribution in [0.3, 0.4) is 0 Å². The minimum atomic E-state index is 0.923. The molecule has 0 aromatic carbocycles. The van der Waals surface area contributed by atoms with Crippen molar-refractivity contribution in [2.75, 3.05) is 25.1 Å². The van der Waals surface area contributed by atoms with Gasteiger partial charge in [-0.25, -0.2) is 0 Å². The fourth-order valence-corrected chi connectivity index (χ4v) is 2.15. The van der Waals surface area contributed by atoms with E-state index in [1.807, 2.05) is 0 Å². The molecule has 0 aliphatic heterocycles. The Kier molecular flexibility index (Phi) is 7.81. The van der Waals surface area contributed by atoms with E-state index in [1.54, 1.807) is 0 Å². The number of rotatable bonds is 6. The van der Waals surface area contributed by atoms with Crippen LogP contribution in [0.2, 0.25) is 0 Å². The van der Waals surface area contributed by atoms with Crippen LogP contribution in [0.4, 0.5) is 0 Å². The zero-order valence-corrected chi connectivity index (χ0v) is 10.1. The van der Waals surface area contributed by atoms with E-state index in [0.29, 0.717) is 0 Å². The highest BCUT2D eigenvalue weighted by molar-refractivity contribution is 14.1. The summed E-state index contributed by atoms with van der Waals surface area (Å²) in [4.78, 5) is 2.26. The van der Waals surface area contributed by atoms with Crippen LogP contribution >= 0.6 is 22.6 Å². The molecule has 0 amide bonds. The molecule has 1 unspecified atom stereocenters. The Labute approximate surface area is 84.7 Å². The van der Waals surface area contributed by atoms with Gasteiger partial charge in [-0.05, 0) is 50.2 Å². The first kappa shape index (κ1) is 11.7. The first-order valence-corrected chi connectivity index (χ1v) is 5.90. The van der Waals surface area contributed by atoms with Gasteiger partial charge in [0.2, 0.25) is 0 Å². The smallest absolute Gasteiger partial charge is 0.000219 e. The lowest BCUT2D eigenvalue weighted by Gasteiger charge is -2.12. The number of alkyl halides is 1. The van der Waals surface area contributed by atoms with Gasteiger partial charge >= 0.3 is 0 Å². The first-order chi connectivity index (χ1) is 5.16. The molecule has 0 radical (unpaired) electrons. The van der Waals surface area contributed by atoms with Gasteiger partial charge in [0.15, 0.2) is 0 Å². The molecule has 0 fully saturated rings. The third kappa shape index (κ3) is 8.60. The third-order valence-electron chi connectivity index (χ3n) is 1.90. The van der Waals surface area contributed by atoms with Crippen molar-refractivity contribution >= 4 is 22.6 Å². The van der Waals surface area contributed by atoms with Crippen molar-refractivity contribution in [3.8, 4) is 0 Å². The molecule has 0 aromatic heterocycles. The summed E-state index contributed by atoms with van der Waals surface area (Å²) in [6, 6.07) is 0. The van der Waals surface area contributed by atoms with Crippen molar-refractivity contribution in [3.63, 3.8) is 0 Å². The number of hydrogen-bond donors (Lipinski definition) is 0. The Morgan fingerprint density at radius 2 is 1.91 bits per heavy atom. The van der Waals surface area contributed by atoms with Gasteiger partial charge in [0, 0.05) is 0 Å². The summed E-state index contributed by atoms with van der Waals surface area (Å²) in [7, 11) is 4.28. The van der Waals surface area contributed by atoms with Gasteiger partial charge in [-0.2, -0.15) is 0 Å². The van der Waals surface area contributed by atoms with E-state index in [4.69, 9.17) is 0 Å². The van der Waals surface area contributed by atoms with Gasteiger partial charge < -0.3 is 4.90 Å². The summed E-state index contributed by atoms with van der Waals surface area (Å²) in [5, 5.41) is 0. The fourth-order valence-electron chi connectivity index (χ4n) is 1.09. The number of halogens is 1. The van der Waals surface area contributed by atoms with Gasteiger partial charge in [-0.1, -0.05) is 29.5 Å². The molecule has 0 aromatic rings. The van der Waals surface area contributed by atoms with E-state index >= 15 is 0 Å². The van der Waals surface area contributed by atoms with Crippen LogP contribution in [0.15, 0.2) is 0 Å². The van der Waals surface area contributed by atoms with E-state index in [0.717, 1.165) is 5.92 Å². The Morgan fingerprint density at radius 3 is 2.36 bits per heavy atom. The lowest BCUT2D eigenvalue weighted by Crippen LogP contribution is -2.13. The topological polar surface area (TPSA) is 3.24 Å². The maximum absolute atomic E-state index is 2.46. The highest BCUT2D eigenvalue weighted by Gasteiger charge is 2.00. The molecule has 2 heteroatoms. The molecule has 0 aliphatic carbocycles. The quantitative estimate of drug-likeness (QED) is 0.529. The van der Waals surface area contributed by atoms with Gasteiger partial charge in [0.1, 0.15) is 0 Å². The largest absolute Gasteiger partial charge is 0.309 e. The summed E-state index contributed by atoms with van der Waals surface area (Å²) in [6.07, 6.45) is 4.12. The molecule has 0 spiro atoms. The summed E-state index contributed by atoms with van der Waals surface area (Å²) in [5.41, 5.74) is 0. The van der Waals surface area contributed by atoms with E-state index in [9.17, 15) is 0 Å². The summed E-state index contributed by atoms with van der Waals surface area (Å²) >= 11 is 2.46. The normalized spacial score (nSPS) is 13.9. The molecule has 0 bridgehead atoms. The second-order valence-corrected chi connectivity index (χ2v) is 4.61. The van der Waals surface area contributed by atoms with Crippen molar-refractivity contribution in [3.05, 3.63) is 0 Å². The molecule has 1 nitrogen and oxygen atoms in total. The number of hydrogen-bond acceptors (Lipinski definition) is 1. The maximum Gasteiger partial charge on any atom is -0.000219 e. The van der Waals surface area contributed by atoms with Gasteiger partial charge in [-0.3, -0.25) is 0 Å². The van der Waals surface area contributed by atoms with Crippen LogP contribution in [0, 0.1) is 5.92 Å². The Morgan fingerprint density at radius 1 is 1.27 bits per heavy atom. The Bertz CT molecular complexity index is 83.6. The van der Waals surface area contributed by atoms with Crippen molar-refractivity contribution in [1.29, 1.82) is 0 Å². The summed E-state index contributed by atoms with van der Waals surface area (Å²) in [6.45, 7) is 3.60. The molecule has 0 N–H and O–H groups in total. The van der Waals surface area contributed by atoms with Crippen LogP contribution in [-0.4, -0.2) is 30.0 Å². The SMILES string of the molecule is CC(CCI)CCCN(C)C. The Hall–Kier alpha value is 0.690. The average Bonchev–Trinajstić information content (AvgIpc) is 1.87. The van der Waals surface area contributed by atoms with Crippen LogP contribution in [0.25, 0.3) is 0 Å². The minimum Gasteiger partial charge on any atom is -0.309 e. The number of nitrogens with zero attached hydrogens (tertiary/aromatic N) is 1. The van der Waals surface area contributed by atoms with E-state index in [1.165, 1.54) is 30.2 Å². The van der Waals surface area contributed by atoms with E-state index in [2.05, 4.69) is 48.5 Å². The second kappa shape index (κ2) is 7.35. The van der Waals surface area contributed by atoms with Gasteiger partial charge in [0.05, 0.1) is 0 Å². The zero-order valence-electron chi connectivity index (χ0n) is 7.94. The predicted molar refractivity (Wildman–Crippen MR) is 60.5 cm³/mol. The van der Waals surface area contributed by atoms with Crippen molar-refractivity contribution in [2.24, 2.45) is 5.92 Å².